The summed E-state index contributed by atoms with van der Waals surface area (Å²) in [6.07, 6.45) is 1.88. The summed E-state index contributed by atoms with van der Waals surface area (Å²) in [5.74, 6) is 0. The molecule has 2 saturated heterocycles. The SMILES string of the molecule is O=C(Nc1ccc(I)cc1)N1CCCC(N2CCNC2=O)C1. The highest BCUT2D eigenvalue weighted by atomic mass is 127. The lowest BCUT2D eigenvalue weighted by Crippen LogP contribution is -2.51. The minimum absolute atomic E-state index is 0.00936. The number of benzene rings is 1. The van der Waals surface area contributed by atoms with E-state index in [-0.39, 0.29) is 18.1 Å². The van der Waals surface area contributed by atoms with Gasteiger partial charge in [0.2, 0.25) is 0 Å². The molecular formula is C15H19IN4O2. The van der Waals surface area contributed by atoms with E-state index in [0.717, 1.165) is 35.2 Å². The van der Waals surface area contributed by atoms with E-state index in [4.69, 9.17) is 0 Å². The standard InChI is InChI=1S/C15H19IN4O2/c16-11-3-5-12(6-4-11)18-15(22)19-8-1-2-13(10-19)20-9-7-17-14(20)21/h3-6,13H,1-2,7-10H2,(H,17,21)(H,18,22). The zero-order chi connectivity index (χ0) is 15.5. The Kier molecular flexibility index (Phi) is 4.70. The summed E-state index contributed by atoms with van der Waals surface area (Å²) in [5.41, 5.74) is 0.798. The monoisotopic (exact) mass is 414 g/mol. The predicted octanol–water partition coefficient (Wildman–Crippen LogP) is 2.31. The number of likely N-dealkylation sites (tertiary alicyclic amines) is 1. The fourth-order valence-electron chi connectivity index (χ4n) is 2.96. The molecule has 0 spiro atoms. The fourth-order valence-corrected chi connectivity index (χ4v) is 3.32. The molecule has 1 aromatic rings. The first-order valence-electron chi connectivity index (χ1n) is 7.49. The Morgan fingerprint density at radius 3 is 2.73 bits per heavy atom. The maximum atomic E-state index is 12.4. The Hall–Kier alpha value is -1.51. The van der Waals surface area contributed by atoms with Crippen LogP contribution in [0.25, 0.3) is 0 Å². The fraction of sp³-hybridized carbons (Fsp3) is 0.467. The van der Waals surface area contributed by atoms with Gasteiger partial charge in [0, 0.05) is 35.4 Å². The highest BCUT2D eigenvalue weighted by Gasteiger charge is 2.32. The molecule has 22 heavy (non-hydrogen) atoms. The number of anilines is 1. The number of nitrogens with one attached hydrogen (secondary N) is 2. The van der Waals surface area contributed by atoms with Gasteiger partial charge in [-0.3, -0.25) is 0 Å². The number of nitrogens with zero attached hydrogens (tertiary/aromatic N) is 2. The van der Waals surface area contributed by atoms with Gasteiger partial charge >= 0.3 is 12.1 Å². The van der Waals surface area contributed by atoms with Gasteiger partial charge in [0.1, 0.15) is 0 Å². The molecule has 2 heterocycles. The molecule has 2 N–H and O–H groups in total. The Morgan fingerprint density at radius 1 is 1.27 bits per heavy atom. The number of halogens is 1. The van der Waals surface area contributed by atoms with Gasteiger partial charge in [0.05, 0.1) is 6.04 Å². The van der Waals surface area contributed by atoms with Crippen molar-refractivity contribution in [3.05, 3.63) is 27.8 Å². The number of carbonyl (C=O) groups is 2. The highest BCUT2D eigenvalue weighted by molar-refractivity contribution is 14.1. The van der Waals surface area contributed by atoms with E-state index >= 15 is 0 Å². The molecule has 7 heteroatoms. The predicted molar refractivity (Wildman–Crippen MR) is 92.9 cm³/mol. The van der Waals surface area contributed by atoms with Crippen LogP contribution in [0.2, 0.25) is 0 Å². The van der Waals surface area contributed by atoms with Gasteiger partial charge in [-0.1, -0.05) is 0 Å². The van der Waals surface area contributed by atoms with Crippen LogP contribution < -0.4 is 10.6 Å². The van der Waals surface area contributed by atoms with Gasteiger partial charge in [-0.25, -0.2) is 9.59 Å². The third kappa shape index (κ3) is 3.45. The average molecular weight is 414 g/mol. The van der Waals surface area contributed by atoms with Crippen molar-refractivity contribution in [1.29, 1.82) is 0 Å². The van der Waals surface area contributed by atoms with E-state index in [2.05, 4.69) is 33.2 Å². The van der Waals surface area contributed by atoms with Gasteiger partial charge in [-0.2, -0.15) is 0 Å². The van der Waals surface area contributed by atoms with E-state index in [1.807, 2.05) is 29.2 Å². The van der Waals surface area contributed by atoms with Crippen LogP contribution in [0.5, 0.6) is 0 Å². The summed E-state index contributed by atoms with van der Waals surface area (Å²) in [7, 11) is 0. The van der Waals surface area contributed by atoms with Gasteiger partial charge < -0.3 is 20.4 Å². The molecule has 0 radical (unpaired) electrons. The van der Waals surface area contributed by atoms with E-state index < -0.39 is 0 Å². The third-order valence-corrected chi connectivity index (χ3v) is 4.83. The Balaban J connectivity index is 1.60. The molecule has 0 aliphatic carbocycles. The molecule has 1 aromatic carbocycles. The molecule has 2 aliphatic heterocycles. The van der Waals surface area contributed by atoms with Crippen LogP contribution in [0.4, 0.5) is 15.3 Å². The molecule has 0 aromatic heterocycles. The molecule has 2 aliphatic rings. The number of urea groups is 2. The molecular weight excluding hydrogens is 395 g/mol. The number of piperidine rings is 1. The smallest absolute Gasteiger partial charge is 0.321 e. The summed E-state index contributed by atoms with van der Waals surface area (Å²) in [4.78, 5) is 27.8. The summed E-state index contributed by atoms with van der Waals surface area (Å²) in [6.45, 7) is 2.77. The Morgan fingerprint density at radius 2 is 2.05 bits per heavy atom. The van der Waals surface area contributed by atoms with Crippen molar-refractivity contribution >= 4 is 40.3 Å². The topological polar surface area (TPSA) is 64.7 Å². The van der Waals surface area contributed by atoms with Gasteiger partial charge in [-0.05, 0) is 59.7 Å². The molecule has 0 saturated carbocycles. The molecule has 0 bridgehead atoms. The van der Waals surface area contributed by atoms with Gasteiger partial charge in [0.25, 0.3) is 0 Å². The van der Waals surface area contributed by atoms with E-state index in [1.165, 1.54) is 0 Å². The Labute approximate surface area is 143 Å². The Bertz CT molecular complexity index is 563. The lowest BCUT2D eigenvalue weighted by molar-refractivity contribution is 0.139. The summed E-state index contributed by atoms with van der Waals surface area (Å²) < 4.78 is 1.13. The van der Waals surface area contributed by atoms with Crippen LogP contribution in [0, 0.1) is 3.57 Å². The zero-order valence-electron chi connectivity index (χ0n) is 12.2. The molecule has 1 atom stereocenters. The number of hydrogen-bond acceptors (Lipinski definition) is 2. The van der Waals surface area contributed by atoms with Crippen LogP contribution in [0.3, 0.4) is 0 Å². The molecule has 3 rings (SSSR count). The maximum Gasteiger partial charge on any atom is 0.321 e. The summed E-state index contributed by atoms with van der Waals surface area (Å²) in [6, 6.07) is 7.74. The first-order chi connectivity index (χ1) is 10.6. The highest BCUT2D eigenvalue weighted by Crippen LogP contribution is 2.19. The number of amides is 4. The van der Waals surface area contributed by atoms with E-state index in [1.54, 1.807) is 4.90 Å². The van der Waals surface area contributed by atoms with Crippen LogP contribution in [0.15, 0.2) is 24.3 Å². The zero-order valence-corrected chi connectivity index (χ0v) is 14.4. The molecule has 6 nitrogen and oxygen atoms in total. The molecule has 4 amide bonds. The van der Waals surface area contributed by atoms with Crippen molar-refractivity contribution in [2.45, 2.75) is 18.9 Å². The van der Waals surface area contributed by atoms with Crippen LogP contribution in [-0.2, 0) is 0 Å². The minimum atomic E-state index is -0.0921. The van der Waals surface area contributed by atoms with Crippen molar-refractivity contribution in [1.82, 2.24) is 15.1 Å². The van der Waals surface area contributed by atoms with Gasteiger partial charge in [-0.15, -0.1) is 0 Å². The average Bonchev–Trinajstić information content (AvgIpc) is 2.96. The molecule has 1 unspecified atom stereocenters. The molecule has 2 fully saturated rings. The van der Waals surface area contributed by atoms with Crippen molar-refractivity contribution < 1.29 is 9.59 Å². The first-order valence-corrected chi connectivity index (χ1v) is 8.57. The summed E-state index contributed by atoms with van der Waals surface area (Å²) in [5, 5.41) is 5.75. The summed E-state index contributed by atoms with van der Waals surface area (Å²) >= 11 is 2.23. The molecule has 118 valence electrons. The minimum Gasteiger partial charge on any atom is -0.336 e. The number of hydrogen-bond donors (Lipinski definition) is 2. The van der Waals surface area contributed by atoms with Gasteiger partial charge in [0.15, 0.2) is 0 Å². The first kappa shape index (κ1) is 15.4. The van der Waals surface area contributed by atoms with Crippen LogP contribution in [0.1, 0.15) is 12.8 Å². The normalized spacial score (nSPS) is 21.7. The van der Waals surface area contributed by atoms with Crippen LogP contribution in [-0.4, -0.2) is 54.1 Å². The van der Waals surface area contributed by atoms with Crippen molar-refractivity contribution in [3.63, 3.8) is 0 Å². The van der Waals surface area contributed by atoms with Crippen LogP contribution >= 0.6 is 22.6 Å². The van der Waals surface area contributed by atoms with E-state index in [9.17, 15) is 9.59 Å². The second-order valence-electron chi connectivity index (χ2n) is 5.60. The largest absolute Gasteiger partial charge is 0.336 e. The van der Waals surface area contributed by atoms with Crippen molar-refractivity contribution in [3.8, 4) is 0 Å². The van der Waals surface area contributed by atoms with Crippen molar-refractivity contribution in [2.24, 2.45) is 0 Å². The second kappa shape index (κ2) is 6.72. The number of carbonyl (C=O) groups excluding carboxylic acids is 2. The quantitative estimate of drug-likeness (QED) is 0.730. The maximum absolute atomic E-state index is 12.4. The van der Waals surface area contributed by atoms with Crippen molar-refractivity contribution in [2.75, 3.05) is 31.5 Å². The second-order valence-corrected chi connectivity index (χ2v) is 6.85. The van der Waals surface area contributed by atoms with E-state index in [0.29, 0.717) is 13.1 Å². The third-order valence-electron chi connectivity index (χ3n) is 4.11. The lowest BCUT2D eigenvalue weighted by Gasteiger charge is -2.36. The lowest BCUT2D eigenvalue weighted by atomic mass is 10.0. The number of rotatable bonds is 2.